The van der Waals surface area contributed by atoms with Crippen molar-refractivity contribution in [3.05, 3.63) is 23.4 Å². The number of anilines is 1. The van der Waals surface area contributed by atoms with Crippen molar-refractivity contribution < 1.29 is 5.11 Å². The molecule has 0 aliphatic rings. The number of aryl methyl sites for hydroxylation is 1. The van der Waals surface area contributed by atoms with Gasteiger partial charge in [-0.15, -0.1) is 0 Å². The van der Waals surface area contributed by atoms with Crippen LogP contribution in [0.15, 0.2) is 12.3 Å². The van der Waals surface area contributed by atoms with Gasteiger partial charge in [0.1, 0.15) is 11.9 Å². The largest absolute Gasteiger partial charge is 0.396 e. The predicted molar refractivity (Wildman–Crippen MR) is 67.9 cm³/mol. The predicted octanol–water partition coefficient (Wildman–Crippen LogP) is 1.86. The van der Waals surface area contributed by atoms with Gasteiger partial charge in [0.25, 0.3) is 0 Å². The molecule has 0 amide bonds. The number of hydrogen-bond donors (Lipinski definition) is 1. The van der Waals surface area contributed by atoms with Gasteiger partial charge in [-0.05, 0) is 38.8 Å². The van der Waals surface area contributed by atoms with Gasteiger partial charge in [-0.3, -0.25) is 0 Å². The van der Waals surface area contributed by atoms with E-state index in [-0.39, 0.29) is 12.6 Å². The molecule has 1 heterocycles. The van der Waals surface area contributed by atoms with Crippen LogP contribution in [0.25, 0.3) is 0 Å². The van der Waals surface area contributed by atoms with Gasteiger partial charge in [-0.25, -0.2) is 4.98 Å². The maximum Gasteiger partial charge on any atom is 0.146 e. The summed E-state index contributed by atoms with van der Waals surface area (Å²) < 4.78 is 0. The van der Waals surface area contributed by atoms with Crippen molar-refractivity contribution in [1.82, 2.24) is 4.98 Å². The molecule has 0 bridgehead atoms. The fourth-order valence-corrected chi connectivity index (χ4v) is 1.75. The van der Waals surface area contributed by atoms with Crippen molar-refractivity contribution >= 4 is 5.82 Å². The SMILES string of the molecule is Cc1ccnc(N(CCCO)C(C)C)c1C#N. The zero-order chi connectivity index (χ0) is 12.8. The average molecular weight is 233 g/mol. The Bertz CT molecular complexity index is 410. The second-order valence-electron chi connectivity index (χ2n) is 4.30. The minimum atomic E-state index is 0.150. The van der Waals surface area contributed by atoms with Crippen molar-refractivity contribution in [1.29, 1.82) is 5.26 Å². The van der Waals surface area contributed by atoms with Crippen molar-refractivity contribution in [2.75, 3.05) is 18.1 Å². The lowest BCUT2D eigenvalue weighted by Crippen LogP contribution is -2.33. The topological polar surface area (TPSA) is 60.1 Å². The van der Waals surface area contributed by atoms with Crippen LogP contribution in [0, 0.1) is 18.3 Å². The lowest BCUT2D eigenvalue weighted by Gasteiger charge is -2.28. The highest BCUT2D eigenvalue weighted by molar-refractivity contribution is 5.57. The number of nitrogens with zero attached hydrogens (tertiary/aromatic N) is 3. The van der Waals surface area contributed by atoms with Crippen LogP contribution in [0.3, 0.4) is 0 Å². The standard InChI is InChI=1S/C13H19N3O/c1-10(2)16(7-4-8-17)13-12(9-14)11(3)5-6-15-13/h5-6,10,17H,4,7-8H2,1-3H3. The highest BCUT2D eigenvalue weighted by Gasteiger charge is 2.16. The Hall–Kier alpha value is -1.60. The van der Waals surface area contributed by atoms with Crippen molar-refractivity contribution in [3.63, 3.8) is 0 Å². The fourth-order valence-electron chi connectivity index (χ4n) is 1.75. The van der Waals surface area contributed by atoms with E-state index in [4.69, 9.17) is 5.11 Å². The Kier molecular flexibility index (Phi) is 4.92. The summed E-state index contributed by atoms with van der Waals surface area (Å²) in [7, 11) is 0. The molecule has 1 rings (SSSR count). The number of aliphatic hydroxyl groups excluding tert-OH is 1. The molecule has 0 atom stereocenters. The minimum absolute atomic E-state index is 0.150. The molecule has 17 heavy (non-hydrogen) atoms. The van der Waals surface area contributed by atoms with Gasteiger partial charge < -0.3 is 10.0 Å². The molecule has 0 aliphatic heterocycles. The summed E-state index contributed by atoms with van der Waals surface area (Å²) in [5.74, 6) is 0.718. The van der Waals surface area contributed by atoms with E-state index in [0.29, 0.717) is 18.5 Å². The molecule has 1 aromatic heterocycles. The number of hydrogen-bond acceptors (Lipinski definition) is 4. The maximum absolute atomic E-state index is 9.19. The second kappa shape index (κ2) is 6.21. The summed E-state index contributed by atoms with van der Waals surface area (Å²) in [4.78, 5) is 6.36. The van der Waals surface area contributed by atoms with E-state index in [1.54, 1.807) is 6.20 Å². The average Bonchev–Trinajstić information content (AvgIpc) is 2.29. The molecule has 0 unspecified atom stereocenters. The molecule has 0 saturated carbocycles. The van der Waals surface area contributed by atoms with Crippen molar-refractivity contribution in [3.8, 4) is 6.07 Å². The van der Waals surface area contributed by atoms with Crippen molar-refractivity contribution in [2.45, 2.75) is 33.2 Å². The van der Waals surface area contributed by atoms with Crippen LogP contribution in [0.4, 0.5) is 5.82 Å². The number of pyridine rings is 1. The number of aromatic nitrogens is 1. The molecule has 4 nitrogen and oxygen atoms in total. The molecule has 0 aliphatic carbocycles. The smallest absolute Gasteiger partial charge is 0.146 e. The zero-order valence-corrected chi connectivity index (χ0v) is 10.6. The quantitative estimate of drug-likeness (QED) is 0.843. The number of nitriles is 1. The Morgan fingerprint density at radius 3 is 2.76 bits per heavy atom. The summed E-state index contributed by atoms with van der Waals surface area (Å²) in [6.45, 7) is 6.88. The Balaban J connectivity index is 3.10. The third-order valence-corrected chi connectivity index (χ3v) is 2.70. The van der Waals surface area contributed by atoms with E-state index in [1.165, 1.54) is 0 Å². The summed E-state index contributed by atoms with van der Waals surface area (Å²) in [5, 5.41) is 18.1. The van der Waals surface area contributed by atoms with E-state index in [1.807, 2.05) is 13.0 Å². The Labute approximate surface area is 103 Å². The summed E-state index contributed by atoms with van der Waals surface area (Å²) >= 11 is 0. The summed E-state index contributed by atoms with van der Waals surface area (Å²) in [6, 6.07) is 4.30. The molecular weight excluding hydrogens is 214 g/mol. The van der Waals surface area contributed by atoms with Gasteiger partial charge >= 0.3 is 0 Å². The van der Waals surface area contributed by atoms with Gasteiger partial charge in [-0.1, -0.05) is 0 Å². The monoisotopic (exact) mass is 233 g/mol. The fraction of sp³-hybridized carbons (Fsp3) is 0.538. The van der Waals surface area contributed by atoms with Crippen LogP contribution in [0.1, 0.15) is 31.4 Å². The van der Waals surface area contributed by atoms with Crippen LogP contribution in [-0.4, -0.2) is 29.3 Å². The Morgan fingerprint density at radius 2 is 2.24 bits per heavy atom. The van der Waals surface area contributed by atoms with E-state index in [0.717, 1.165) is 11.4 Å². The third-order valence-electron chi connectivity index (χ3n) is 2.70. The Morgan fingerprint density at radius 1 is 1.53 bits per heavy atom. The summed E-state index contributed by atoms with van der Waals surface area (Å²) in [6.07, 6.45) is 2.40. The highest BCUT2D eigenvalue weighted by Crippen LogP contribution is 2.22. The molecule has 0 saturated heterocycles. The normalized spacial score (nSPS) is 10.4. The van der Waals surface area contributed by atoms with Crippen LogP contribution in [-0.2, 0) is 0 Å². The molecule has 1 aromatic rings. The van der Waals surface area contributed by atoms with Crippen LogP contribution >= 0.6 is 0 Å². The molecule has 0 aromatic carbocycles. The van der Waals surface area contributed by atoms with E-state index in [9.17, 15) is 5.26 Å². The van der Waals surface area contributed by atoms with Gasteiger partial charge in [-0.2, -0.15) is 5.26 Å². The highest BCUT2D eigenvalue weighted by atomic mass is 16.3. The van der Waals surface area contributed by atoms with Gasteiger partial charge in [0, 0.05) is 25.4 Å². The van der Waals surface area contributed by atoms with Gasteiger partial charge in [0.2, 0.25) is 0 Å². The molecule has 0 spiro atoms. The molecule has 1 N–H and O–H groups in total. The second-order valence-corrected chi connectivity index (χ2v) is 4.30. The first-order valence-electron chi connectivity index (χ1n) is 5.85. The lowest BCUT2D eigenvalue weighted by molar-refractivity contribution is 0.288. The first-order chi connectivity index (χ1) is 8.11. The van der Waals surface area contributed by atoms with Crippen LogP contribution < -0.4 is 4.90 Å². The van der Waals surface area contributed by atoms with Crippen molar-refractivity contribution in [2.24, 2.45) is 0 Å². The van der Waals surface area contributed by atoms with E-state index >= 15 is 0 Å². The maximum atomic E-state index is 9.19. The molecule has 92 valence electrons. The molecule has 4 heteroatoms. The van der Waals surface area contributed by atoms with Crippen LogP contribution in [0.2, 0.25) is 0 Å². The van der Waals surface area contributed by atoms with E-state index < -0.39 is 0 Å². The number of rotatable bonds is 5. The van der Waals surface area contributed by atoms with Gasteiger partial charge in [0.05, 0.1) is 5.56 Å². The van der Waals surface area contributed by atoms with Crippen LogP contribution in [0.5, 0.6) is 0 Å². The first-order valence-corrected chi connectivity index (χ1v) is 5.85. The lowest BCUT2D eigenvalue weighted by atomic mass is 10.1. The summed E-state index contributed by atoms with van der Waals surface area (Å²) in [5.41, 5.74) is 1.56. The molecule has 0 radical (unpaired) electrons. The first kappa shape index (κ1) is 13.5. The minimum Gasteiger partial charge on any atom is -0.396 e. The number of aliphatic hydroxyl groups is 1. The molecule has 0 fully saturated rings. The third kappa shape index (κ3) is 3.18. The molecular formula is C13H19N3O. The van der Waals surface area contributed by atoms with Gasteiger partial charge in [0.15, 0.2) is 0 Å². The van der Waals surface area contributed by atoms with E-state index in [2.05, 4.69) is 29.8 Å². The zero-order valence-electron chi connectivity index (χ0n) is 10.6.